The number of hydrogen-bond donors (Lipinski definition) is 0. The molecule has 170 valence electrons. The van der Waals surface area contributed by atoms with E-state index < -0.39 is 45.0 Å². The minimum Gasteiger partial charge on any atom is -0.461 e. The maximum absolute atomic E-state index is 14.3. The van der Waals surface area contributed by atoms with Crippen LogP contribution in [0.4, 0.5) is 0 Å². The van der Waals surface area contributed by atoms with Crippen LogP contribution in [0.5, 0.6) is 0 Å². The first-order valence-electron chi connectivity index (χ1n) is 10.7. The zero-order valence-electron chi connectivity index (χ0n) is 18.1. The van der Waals surface area contributed by atoms with Crippen LogP contribution in [0.3, 0.4) is 0 Å². The maximum Gasteiger partial charge on any atom is 0.303 e. The van der Waals surface area contributed by atoms with Gasteiger partial charge in [-0.05, 0) is 5.56 Å². The number of thioether (sulfide) groups is 1. The van der Waals surface area contributed by atoms with Gasteiger partial charge in [0, 0.05) is 25.8 Å². The summed E-state index contributed by atoms with van der Waals surface area (Å²) in [6.45, 7) is 2.58. The standard InChI is InChI=1S/C25H22O7S/c1-15(26)31-19-13-23(21(28)17-9-5-3-6-10-17)24(20(14-30-24)32-16(2)27)22(29)33-25(19,23)18-11-7-4-8-12-18/h3-12,19-20H,13-14H2,1-2H3/t19-,20-,23+,24-,25-/m1/s1. The van der Waals surface area contributed by atoms with Crippen LogP contribution in [0.1, 0.15) is 36.2 Å². The van der Waals surface area contributed by atoms with Gasteiger partial charge in [-0.2, -0.15) is 0 Å². The van der Waals surface area contributed by atoms with Gasteiger partial charge < -0.3 is 14.2 Å². The Morgan fingerprint density at radius 3 is 2.03 bits per heavy atom. The number of ether oxygens (including phenoxy) is 3. The SMILES string of the molecule is CC(=O)O[C@@H]1C[C@@]2(C(=O)c3ccccc3)[C@]1(c1ccccc1)SC(=O)[C@@]21OC[C@H]1OC(C)=O. The second-order valence-corrected chi connectivity index (χ2v) is 9.76. The minimum absolute atomic E-state index is 0.0127. The highest BCUT2D eigenvalue weighted by molar-refractivity contribution is 8.15. The van der Waals surface area contributed by atoms with Crippen LogP contribution in [0.15, 0.2) is 60.7 Å². The second kappa shape index (κ2) is 7.53. The molecule has 1 spiro atoms. The van der Waals surface area contributed by atoms with Gasteiger partial charge in [0.1, 0.15) is 16.3 Å². The average Bonchev–Trinajstić information content (AvgIpc) is 2.98. The summed E-state index contributed by atoms with van der Waals surface area (Å²) in [7, 11) is 0. The van der Waals surface area contributed by atoms with E-state index in [2.05, 4.69) is 0 Å². The van der Waals surface area contributed by atoms with Gasteiger partial charge in [0.05, 0.1) is 6.61 Å². The van der Waals surface area contributed by atoms with Crippen molar-refractivity contribution in [3.05, 3.63) is 71.8 Å². The molecule has 5 atom stereocenters. The quantitative estimate of drug-likeness (QED) is 0.490. The van der Waals surface area contributed by atoms with Crippen molar-refractivity contribution < 1.29 is 33.4 Å². The van der Waals surface area contributed by atoms with Crippen molar-refractivity contribution in [2.24, 2.45) is 5.41 Å². The van der Waals surface area contributed by atoms with Gasteiger partial charge in [0.2, 0.25) is 5.12 Å². The van der Waals surface area contributed by atoms with Gasteiger partial charge in [-0.15, -0.1) is 0 Å². The zero-order chi connectivity index (χ0) is 23.4. The third-order valence-electron chi connectivity index (χ3n) is 6.93. The molecule has 3 aliphatic rings. The molecule has 5 rings (SSSR count). The smallest absolute Gasteiger partial charge is 0.303 e. The Kier molecular flexibility index (Phi) is 4.99. The predicted molar refractivity (Wildman–Crippen MR) is 118 cm³/mol. The van der Waals surface area contributed by atoms with Crippen molar-refractivity contribution in [2.75, 3.05) is 6.61 Å². The lowest BCUT2D eigenvalue weighted by atomic mass is 9.44. The third-order valence-corrected chi connectivity index (χ3v) is 8.59. The van der Waals surface area contributed by atoms with Crippen LogP contribution < -0.4 is 0 Å². The van der Waals surface area contributed by atoms with E-state index in [-0.39, 0.29) is 18.8 Å². The molecule has 0 aromatic heterocycles. The molecule has 7 nitrogen and oxygen atoms in total. The number of Topliss-reactive ketones (excluding diaryl/α,β-unsaturated/α-hetero) is 1. The Morgan fingerprint density at radius 2 is 1.48 bits per heavy atom. The molecule has 0 amide bonds. The molecule has 1 saturated carbocycles. The molecule has 2 heterocycles. The summed E-state index contributed by atoms with van der Waals surface area (Å²) >= 11 is 0.948. The second-order valence-electron chi connectivity index (χ2n) is 8.54. The monoisotopic (exact) mass is 466 g/mol. The molecular weight excluding hydrogens is 444 g/mol. The van der Waals surface area contributed by atoms with E-state index in [4.69, 9.17) is 14.2 Å². The molecular formula is C25H22O7S. The summed E-state index contributed by atoms with van der Waals surface area (Å²) < 4.78 is 15.9. The van der Waals surface area contributed by atoms with Crippen molar-refractivity contribution in [1.29, 1.82) is 0 Å². The largest absolute Gasteiger partial charge is 0.461 e. The van der Waals surface area contributed by atoms with Crippen LogP contribution in [0, 0.1) is 5.41 Å². The Labute approximate surface area is 194 Å². The van der Waals surface area contributed by atoms with Crippen LogP contribution in [-0.2, 0) is 33.3 Å². The number of fused-ring (bicyclic) bond motifs is 2. The summed E-state index contributed by atoms with van der Waals surface area (Å²) in [6, 6.07) is 17.8. The minimum atomic E-state index is -1.66. The van der Waals surface area contributed by atoms with Gasteiger partial charge >= 0.3 is 11.9 Å². The van der Waals surface area contributed by atoms with Crippen molar-refractivity contribution in [1.82, 2.24) is 0 Å². The number of carbonyl (C=O) groups excluding carboxylic acids is 4. The molecule has 0 radical (unpaired) electrons. The van der Waals surface area contributed by atoms with E-state index in [9.17, 15) is 19.2 Å². The molecule has 0 N–H and O–H groups in total. The summed E-state index contributed by atoms with van der Waals surface area (Å²) in [5.74, 6) is -1.36. The molecule has 3 fully saturated rings. The third kappa shape index (κ3) is 2.68. The number of rotatable bonds is 5. The topological polar surface area (TPSA) is 96.0 Å². The fourth-order valence-electron chi connectivity index (χ4n) is 5.69. The summed E-state index contributed by atoms with van der Waals surface area (Å²) in [6.07, 6.45) is -1.57. The van der Waals surface area contributed by atoms with Gasteiger partial charge in [-0.1, -0.05) is 72.4 Å². The first-order valence-corrected chi connectivity index (χ1v) is 11.5. The maximum atomic E-state index is 14.3. The normalized spacial score (nSPS) is 34.1. The summed E-state index contributed by atoms with van der Waals surface area (Å²) in [4.78, 5) is 51.9. The fourth-order valence-corrected chi connectivity index (χ4v) is 7.51. The van der Waals surface area contributed by atoms with E-state index in [1.54, 1.807) is 30.3 Å². The Bertz CT molecular complexity index is 1150. The number of hydrogen-bond acceptors (Lipinski definition) is 8. The first kappa shape index (κ1) is 21.9. The molecule has 2 aliphatic heterocycles. The highest BCUT2D eigenvalue weighted by Gasteiger charge is 2.90. The van der Waals surface area contributed by atoms with E-state index >= 15 is 0 Å². The van der Waals surface area contributed by atoms with Crippen LogP contribution >= 0.6 is 11.8 Å². The number of esters is 2. The van der Waals surface area contributed by atoms with Crippen molar-refractivity contribution >= 4 is 34.6 Å². The summed E-state index contributed by atoms with van der Waals surface area (Å²) in [5.41, 5.74) is -2.00. The Hall–Kier alpha value is -2.97. The molecule has 2 aromatic carbocycles. The van der Waals surface area contributed by atoms with Crippen LogP contribution in [0.2, 0.25) is 0 Å². The number of benzene rings is 2. The van der Waals surface area contributed by atoms with E-state index in [1.807, 2.05) is 30.3 Å². The molecule has 0 bridgehead atoms. The average molecular weight is 467 g/mol. The van der Waals surface area contributed by atoms with Crippen LogP contribution in [0.25, 0.3) is 0 Å². The fraction of sp³-hybridized carbons (Fsp3) is 0.360. The number of carbonyl (C=O) groups is 4. The highest BCUT2D eigenvalue weighted by Crippen LogP contribution is 2.78. The van der Waals surface area contributed by atoms with Gasteiger partial charge in [-0.25, -0.2) is 0 Å². The molecule has 8 heteroatoms. The molecule has 2 saturated heterocycles. The van der Waals surface area contributed by atoms with E-state index in [1.165, 1.54) is 13.8 Å². The van der Waals surface area contributed by atoms with E-state index in [0.29, 0.717) is 11.1 Å². The van der Waals surface area contributed by atoms with Gasteiger partial charge in [-0.3, -0.25) is 19.2 Å². The molecule has 1 aliphatic carbocycles. The van der Waals surface area contributed by atoms with Crippen molar-refractivity contribution in [3.8, 4) is 0 Å². The lowest BCUT2D eigenvalue weighted by molar-refractivity contribution is -0.293. The first-order chi connectivity index (χ1) is 15.8. The van der Waals surface area contributed by atoms with Crippen LogP contribution in [-0.4, -0.2) is 47.3 Å². The Balaban J connectivity index is 1.76. The van der Waals surface area contributed by atoms with Gasteiger partial charge in [0.15, 0.2) is 17.5 Å². The zero-order valence-corrected chi connectivity index (χ0v) is 18.9. The predicted octanol–water partition coefficient (Wildman–Crippen LogP) is 3.06. The lowest BCUT2D eigenvalue weighted by Gasteiger charge is -2.64. The molecule has 33 heavy (non-hydrogen) atoms. The van der Waals surface area contributed by atoms with E-state index in [0.717, 1.165) is 11.8 Å². The Morgan fingerprint density at radius 1 is 0.909 bits per heavy atom. The number of ketones is 1. The lowest BCUT2D eigenvalue weighted by Crippen LogP contribution is -2.80. The van der Waals surface area contributed by atoms with Gasteiger partial charge in [0.25, 0.3) is 0 Å². The molecule has 2 aromatic rings. The molecule has 0 unspecified atom stereocenters. The van der Waals surface area contributed by atoms with Crippen molar-refractivity contribution in [2.45, 2.75) is 42.8 Å². The summed E-state index contributed by atoms with van der Waals surface area (Å²) in [5, 5.41) is -0.400. The highest BCUT2D eigenvalue weighted by atomic mass is 32.2. The van der Waals surface area contributed by atoms with Crippen molar-refractivity contribution in [3.63, 3.8) is 0 Å².